The van der Waals surface area contributed by atoms with Crippen LogP contribution in [-0.2, 0) is 0 Å². The molecule has 0 saturated heterocycles. The summed E-state index contributed by atoms with van der Waals surface area (Å²) >= 11 is 0. The fraction of sp³-hybridized carbons (Fsp3) is 0.125. The molecule has 0 heterocycles. The summed E-state index contributed by atoms with van der Waals surface area (Å²) in [5, 5.41) is 10.3. The molecule has 0 bridgehead atoms. The third kappa shape index (κ3) is 1.81. The summed E-state index contributed by atoms with van der Waals surface area (Å²) in [4.78, 5) is 20.6. The Morgan fingerprint density at radius 1 is 1.54 bits per heavy atom. The Balaban J connectivity index is 3.27. The number of primary amides is 1. The van der Waals surface area contributed by atoms with E-state index in [1.165, 1.54) is 18.2 Å². The minimum absolute atomic E-state index is 0.126. The molecule has 0 aromatic heterocycles. The van der Waals surface area contributed by atoms with Gasteiger partial charge in [-0.2, -0.15) is 0 Å². The highest BCUT2D eigenvalue weighted by Gasteiger charge is 2.11. The quantitative estimate of drug-likeness (QED) is 0.544. The molecule has 1 aromatic carbocycles. The highest BCUT2D eigenvalue weighted by molar-refractivity contribution is 5.94. The molecular weight excluding hydrogens is 172 g/mol. The molecule has 0 spiro atoms. The predicted molar refractivity (Wildman–Crippen MR) is 46.4 cm³/mol. The number of benzene rings is 1. The van der Waals surface area contributed by atoms with Gasteiger partial charge in [0.05, 0.1) is 4.92 Å². The van der Waals surface area contributed by atoms with Crippen LogP contribution in [0, 0.1) is 17.0 Å². The summed E-state index contributed by atoms with van der Waals surface area (Å²) in [6.07, 6.45) is 0. The second-order valence-electron chi connectivity index (χ2n) is 2.62. The molecule has 0 fully saturated rings. The van der Waals surface area contributed by atoms with Crippen molar-refractivity contribution in [2.24, 2.45) is 5.73 Å². The molecule has 5 heteroatoms. The maximum Gasteiger partial charge on any atom is 0.270 e. The zero-order valence-corrected chi connectivity index (χ0v) is 6.98. The van der Waals surface area contributed by atoms with Crippen LogP contribution in [0.5, 0.6) is 0 Å². The Morgan fingerprint density at radius 2 is 2.15 bits per heavy atom. The first-order chi connectivity index (χ1) is 6.02. The molecule has 1 rings (SSSR count). The van der Waals surface area contributed by atoms with E-state index in [9.17, 15) is 14.9 Å². The van der Waals surface area contributed by atoms with Crippen LogP contribution in [-0.4, -0.2) is 10.8 Å². The van der Waals surface area contributed by atoms with Crippen molar-refractivity contribution in [3.8, 4) is 0 Å². The Hall–Kier alpha value is -1.91. The van der Waals surface area contributed by atoms with Crippen LogP contribution in [0.1, 0.15) is 15.9 Å². The van der Waals surface area contributed by atoms with Crippen LogP contribution in [0.25, 0.3) is 0 Å². The zero-order valence-electron chi connectivity index (χ0n) is 6.98. The lowest BCUT2D eigenvalue weighted by Gasteiger charge is -1.99. The Labute approximate surface area is 74.3 Å². The van der Waals surface area contributed by atoms with Gasteiger partial charge in [-0.15, -0.1) is 0 Å². The lowest BCUT2D eigenvalue weighted by atomic mass is 10.1. The number of carbonyl (C=O) groups is 1. The fourth-order valence-corrected chi connectivity index (χ4v) is 0.989. The predicted octanol–water partition coefficient (Wildman–Crippen LogP) is 1.00. The van der Waals surface area contributed by atoms with E-state index >= 15 is 0 Å². The zero-order chi connectivity index (χ0) is 10.0. The van der Waals surface area contributed by atoms with Crippen LogP contribution >= 0.6 is 0 Å². The summed E-state index contributed by atoms with van der Waals surface area (Å²) in [5.74, 6) is -0.652. The van der Waals surface area contributed by atoms with Crippen LogP contribution < -0.4 is 5.73 Å². The number of nitrogens with zero attached hydrogens (tertiary/aromatic N) is 1. The van der Waals surface area contributed by atoms with Gasteiger partial charge >= 0.3 is 0 Å². The van der Waals surface area contributed by atoms with Crippen molar-refractivity contribution >= 4 is 11.6 Å². The van der Waals surface area contributed by atoms with Crippen molar-refractivity contribution in [3.05, 3.63) is 39.4 Å². The van der Waals surface area contributed by atoms with Crippen LogP contribution in [0.4, 0.5) is 5.69 Å². The smallest absolute Gasteiger partial charge is 0.270 e. The number of nitro benzene ring substituents is 1. The standard InChI is InChI=1S/C8H8N2O3/c1-5-2-3-6(10(12)13)4-7(5)8(9)11/h2-4H,1H3,(H2,9,11). The molecule has 0 aliphatic rings. The normalized spacial score (nSPS) is 9.62. The summed E-state index contributed by atoms with van der Waals surface area (Å²) in [7, 11) is 0. The second kappa shape index (κ2) is 3.22. The van der Waals surface area contributed by atoms with Crippen molar-refractivity contribution in [3.63, 3.8) is 0 Å². The molecule has 0 unspecified atom stereocenters. The average molecular weight is 180 g/mol. The van der Waals surface area contributed by atoms with Crippen molar-refractivity contribution in [2.45, 2.75) is 6.92 Å². The van der Waals surface area contributed by atoms with E-state index in [1.54, 1.807) is 6.92 Å². The molecule has 68 valence electrons. The number of amides is 1. The number of aryl methyl sites for hydroxylation is 1. The van der Waals surface area contributed by atoms with Gasteiger partial charge in [-0.3, -0.25) is 14.9 Å². The second-order valence-corrected chi connectivity index (χ2v) is 2.62. The Kier molecular flexibility index (Phi) is 2.27. The Morgan fingerprint density at radius 3 is 2.62 bits per heavy atom. The SMILES string of the molecule is Cc1ccc([N+](=O)[O-])cc1C(N)=O. The van der Waals surface area contributed by atoms with Crippen LogP contribution in [0.3, 0.4) is 0 Å². The van der Waals surface area contributed by atoms with Gasteiger partial charge in [-0.25, -0.2) is 0 Å². The van der Waals surface area contributed by atoms with Gasteiger partial charge in [0.1, 0.15) is 0 Å². The van der Waals surface area contributed by atoms with Crippen molar-refractivity contribution in [2.75, 3.05) is 0 Å². The molecule has 1 amide bonds. The maximum atomic E-state index is 10.8. The summed E-state index contributed by atoms with van der Waals surface area (Å²) in [6.45, 7) is 1.67. The fourth-order valence-electron chi connectivity index (χ4n) is 0.989. The van der Waals surface area contributed by atoms with Crippen LogP contribution in [0.15, 0.2) is 18.2 Å². The third-order valence-corrected chi connectivity index (χ3v) is 1.70. The molecule has 2 N–H and O–H groups in total. The molecular formula is C8H8N2O3. The van der Waals surface area contributed by atoms with Crippen molar-refractivity contribution in [1.29, 1.82) is 0 Å². The van der Waals surface area contributed by atoms with E-state index in [-0.39, 0.29) is 11.3 Å². The van der Waals surface area contributed by atoms with Crippen molar-refractivity contribution < 1.29 is 9.72 Å². The third-order valence-electron chi connectivity index (χ3n) is 1.70. The highest BCUT2D eigenvalue weighted by atomic mass is 16.6. The molecule has 0 atom stereocenters. The van der Waals surface area contributed by atoms with Crippen LogP contribution in [0.2, 0.25) is 0 Å². The van der Waals surface area contributed by atoms with E-state index in [0.29, 0.717) is 5.56 Å². The molecule has 0 aliphatic heterocycles. The Bertz CT molecular complexity index is 374. The lowest BCUT2D eigenvalue weighted by molar-refractivity contribution is -0.384. The number of nitrogens with two attached hydrogens (primary N) is 1. The van der Waals surface area contributed by atoms with E-state index < -0.39 is 10.8 Å². The minimum Gasteiger partial charge on any atom is -0.366 e. The van der Waals surface area contributed by atoms with Gasteiger partial charge in [0.25, 0.3) is 5.69 Å². The number of nitro groups is 1. The van der Waals surface area contributed by atoms with E-state index in [2.05, 4.69) is 0 Å². The number of hydrogen-bond donors (Lipinski definition) is 1. The molecule has 0 saturated carbocycles. The largest absolute Gasteiger partial charge is 0.366 e. The lowest BCUT2D eigenvalue weighted by Crippen LogP contribution is -2.12. The topological polar surface area (TPSA) is 86.2 Å². The summed E-state index contributed by atoms with van der Waals surface area (Å²) in [5.41, 5.74) is 5.72. The van der Waals surface area contributed by atoms with Gasteiger partial charge in [-0.1, -0.05) is 6.07 Å². The van der Waals surface area contributed by atoms with Gasteiger partial charge in [0.2, 0.25) is 5.91 Å². The first kappa shape index (κ1) is 9.18. The first-order valence-electron chi connectivity index (χ1n) is 3.57. The number of hydrogen-bond acceptors (Lipinski definition) is 3. The van der Waals surface area contributed by atoms with Gasteiger partial charge in [-0.05, 0) is 12.5 Å². The molecule has 5 nitrogen and oxygen atoms in total. The molecule has 1 aromatic rings. The molecule has 0 radical (unpaired) electrons. The highest BCUT2D eigenvalue weighted by Crippen LogP contribution is 2.16. The summed E-state index contributed by atoms with van der Waals surface area (Å²) in [6, 6.07) is 4.01. The van der Waals surface area contributed by atoms with E-state index in [4.69, 9.17) is 5.73 Å². The van der Waals surface area contributed by atoms with Gasteiger partial charge in [0, 0.05) is 17.7 Å². The summed E-state index contributed by atoms with van der Waals surface area (Å²) < 4.78 is 0. The molecule has 0 aliphatic carbocycles. The maximum absolute atomic E-state index is 10.8. The van der Waals surface area contributed by atoms with E-state index in [1.807, 2.05) is 0 Å². The van der Waals surface area contributed by atoms with E-state index in [0.717, 1.165) is 0 Å². The monoisotopic (exact) mass is 180 g/mol. The number of carbonyl (C=O) groups excluding carboxylic acids is 1. The molecule has 13 heavy (non-hydrogen) atoms. The number of rotatable bonds is 2. The van der Waals surface area contributed by atoms with Gasteiger partial charge < -0.3 is 5.73 Å². The van der Waals surface area contributed by atoms with Gasteiger partial charge in [0.15, 0.2) is 0 Å². The van der Waals surface area contributed by atoms with Crippen molar-refractivity contribution in [1.82, 2.24) is 0 Å². The minimum atomic E-state index is -0.652. The average Bonchev–Trinajstić information content (AvgIpc) is 2.04. The number of non-ortho nitro benzene ring substituents is 1. The first-order valence-corrected chi connectivity index (χ1v) is 3.57.